The molecule has 2 fully saturated rings. The molecule has 0 bridgehead atoms. The van der Waals surface area contributed by atoms with Crippen LogP contribution in [0.5, 0.6) is 0 Å². The Labute approximate surface area is 160 Å². The van der Waals surface area contributed by atoms with Crippen LogP contribution in [0.2, 0.25) is 0 Å². The van der Waals surface area contributed by atoms with E-state index in [-0.39, 0.29) is 5.54 Å². The predicted molar refractivity (Wildman–Crippen MR) is 110 cm³/mol. The van der Waals surface area contributed by atoms with Crippen LogP contribution in [-0.2, 0) is 4.74 Å². The Balaban J connectivity index is 1.81. The maximum absolute atomic E-state index is 5.51. The van der Waals surface area contributed by atoms with Crippen molar-refractivity contribution in [1.82, 2.24) is 20.4 Å². The highest BCUT2D eigenvalue weighted by atomic mass is 16.5. The lowest BCUT2D eigenvalue weighted by Gasteiger charge is -2.41. The number of hydrogen-bond acceptors (Lipinski definition) is 4. The topological polar surface area (TPSA) is 52.1 Å². The molecule has 2 saturated heterocycles. The quantitative estimate of drug-likeness (QED) is 0.531. The third kappa shape index (κ3) is 6.39. The van der Waals surface area contributed by atoms with Crippen LogP contribution in [-0.4, -0.2) is 86.9 Å². The van der Waals surface area contributed by atoms with Crippen LogP contribution in [0.3, 0.4) is 0 Å². The predicted octanol–water partition coefficient (Wildman–Crippen LogP) is 1.77. The second-order valence-electron chi connectivity index (χ2n) is 8.63. The summed E-state index contributed by atoms with van der Waals surface area (Å²) in [4.78, 5) is 9.61. The van der Waals surface area contributed by atoms with Crippen LogP contribution in [0.15, 0.2) is 4.99 Å². The average molecular weight is 368 g/mol. The van der Waals surface area contributed by atoms with Crippen molar-refractivity contribution in [3.05, 3.63) is 0 Å². The van der Waals surface area contributed by atoms with E-state index < -0.39 is 0 Å². The average Bonchev–Trinajstić information content (AvgIpc) is 2.65. The van der Waals surface area contributed by atoms with Crippen molar-refractivity contribution >= 4 is 5.96 Å². The molecule has 6 heteroatoms. The maximum atomic E-state index is 5.51. The number of ether oxygens (including phenoxy) is 1. The van der Waals surface area contributed by atoms with Crippen LogP contribution >= 0.6 is 0 Å². The summed E-state index contributed by atoms with van der Waals surface area (Å²) < 4.78 is 5.51. The number of hydrogen-bond donors (Lipinski definition) is 2. The van der Waals surface area contributed by atoms with Gasteiger partial charge in [-0.1, -0.05) is 20.3 Å². The van der Waals surface area contributed by atoms with Gasteiger partial charge in [-0.15, -0.1) is 0 Å². The first-order valence-electron chi connectivity index (χ1n) is 10.5. The van der Waals surface area contributed by atoms with Gasteiger partial charge in [0.15, 0.2) is 5.96 Å². The van der Waals surface area contributed by atoms with E-state index in [1.807, 2.05) is 7.05 Å². The zero-order chi connectivity index (χ0) is 19.0. The Morgan fingerprint density at radius 3 is 2.27 bits per heavy atom. The largest absolute Gasteiger partial charge is 0.379 e. The van der Waals surface area contributed by atoms with Gasteiger partial charge in [-0.3, -0.25) is 14.8 Å². The highest BCUT2D eigenvalue weighted by Gasteiger charge is 2.28. The van der Waals surface area contributed by atoms with Gasteiger partial charge < -0.3 is 15.4 Å². The fourth-order valence-electron chi connectivity index (χ4n) is 4.03. The van der Waals surface area contributed by atoms with E-state index >= 15 is 0 Å². The zero-order valence-electron chi connectivity index (χ0n) is 17.7. The number of aliphatic imine (C=N–C) groups is 1. The Hall–Kier alpha value is -0.850. The van der Waals surface area contributed by atoms with Gasteiger partial charge in [-0.2, -0.15) is 0 Å². The molecule has 152 valence electrons. The minimum atomic E-state index is 0.152. The number of rotatable bonds is 7. The number of guanidine groups is 1. The SMILES string of the molecule is CN=C(NCC(C(C)C)N1CCOCC1)NCC(C)(C)N1CCCCC1. The second-order valence-corrected chi connectivity index (χ2v) is 8.63. The summed E-state index contributed by atoms with van der Waals surface area (Å²) in [6.45, 7) is 17.3. The van der Waals surface area contributed by atoms with Crippen molar-refractivity contribution in [1.29, 1.82) is 0 Å². The van der Waals surface area contributed by atoms with E-state index in [1.165, 1.54) is 32.4 Å². The summed E-state index contributed by atoms with van der Waals surface area (Å²) in [5, 5.41) is 7.12. The number of morpholine rings is 1. The summed E-state index contributed by atoms with van der Waals surface area (Å²) in [5.74, 6) is 1.51. The fraction of sp³-hybridized carbons (Fsp3) is 0.950. The molecule has 1 unspecified atom stereocenters. The normalized spacial score (nSPS) is 22.5. The Kier molecular flexibility index (Phi) is 8.64. The molecule has 26 heavy (non-hydrogen) atoms. The molecule has 2 heterocycles. The molecular weight excluding hydrogens is 326 g/mol. The van der Waals surface area contributed by atoms with Gasteiger partial charge in [-0.05, 0) is 45.7 Å². The van der Waals surface area contributed by atoms with Crippen molar-refractivity contribution in [2.24, 2.45) is 10.9 Å². The van der Waals surface area contributed by atoms with E-state index in [4.69, 9.17) is 4.74 Å². The summed E-state index contributed by atoms with van der Waals surface area (Å²) >= 11 is 0. The molecular formula is C20H41N5O. The molecule has 0 radical (unpaired) electrons. The number of likely N-dealkylation sites (tertiary alicyclic amines) is 1. The van der Waals surface area contributed by atoms with Gasteiger partial charge in [0.2, 0.25) is 0 Å². The van der Waals surface area contributed by atoms with Gasteiger partial charge in [-0.25, -0.2) is 0 Å². The summed E-state index contributed by atoms with van der Waals surface area (Å²) in [6.07, 6.45) is 4.03. The van der Waals surface area contributed by atoms with Gasteiger partial charge in [0, 0.05) is 44.8 Å². The van der Waals surface area contributed by atoms with E-state index in [9.17, 15) is 0 Å². The number of nitrogens with zero attached hydrogens (tertiary/aromatic N) is 3. The van der Waals surface area contributed by atoms with Gasteiger partial charge in [0.25, 0.3) is 0 Å². The second kappa shape index (κ2) is 10.5. The van der Waals surface area contributed by atoms with E-state index in [0.717, 1.165) is 45.4 Å². The lowest BCUT2D eigenvalue weighted by atomic mass is 9.98. The number of piperidine rings is 1. The Morgan fingerprint density at radius 2 is 1.69 bits per heavy atom. The molecule has 2 rings (SSSR count). The van der Waals surface area contributed by atoms with Crippen molar-refractivity contribution < 1.29 is 4.74 Å². The molecule has 0 spiro atoms. The fourth-order valence-corrected chi connectivity index (χ4v) is 4.03. The van der Waals surface area contributed by atoms with Crippen LogP contribution in [0.25, 0.3) is 0 Å². The minimum Gasteiger partial charge on any atom is -0.379 e. The standard InChI is InChI=1S/C20H41N5O/c1-17(2)18(24-11-13-26-14-12-24)15-22-19(21-5)23-16-20(3,4)25-9-7-6-8-10-25/h17-18H,6-16H2,1-5H3,(H2,21,22,23). The van der Waals surface area contributed by atoms with E-state index in [0.29, 0.717) is 12.0 Å². The summed E-state index contributed by atoms with van der Waals surface area (Å²) in [5.41, 5.74) is 0.152. The van der Waals surface area contributed by atoms with Crippen LogP contribution in [0.4, 0.5) is 0 Å². The molecule has 0 aromatic rings. The van der Waals surface area contributed by atoms with Crippen molar-refractivity contribution in [3.8, 4) is 0 Å². The Bertz CT molecular complexity index is 426. The molecule has 2 aliphatic rings. The monoisotopic (exact) mass is 367 g/mol. The smallest absolute Gasteiger partial charge is 0.191 e. The molecule has 1 atom stereocenters. The van der Waals surface area contributed by atoms with Crippen LogP contribution < -0.4 is 10.6 Å². The summed E-state index contributed by atoms with van der Waals surface area (Å²) in [7, 11) is 1.86. The molecule has 2 aliphatic heterocycles. The molecule has 0 aromatic carbocycles. The zero-order valence-corrected chi connectivity index (χ0v) is 17.7. The Morgan fingerprint density at radius 1 is 1.04 bits per heavy atom. The lowest BCUT2D eigenvalue weighted by molar-refractivity contribution is 0.00750. The highest BCUT2D eigenvalue weighted by molar-refractivity contribution is 5.79. The molecule has 0 saturated carbocycles. The maximum Gasteiger partial charge on any atom is 0.191 e. The number of nitrogens with one attached hydrogen (secondary N) is 2. The molecule has 6 nitrogen and oxygen atoms in total. The van der Waals surface area contributed by atoms with Crippen molar-refractivity contribution in [3.63, 3.8) is 0 Å². The van der Waals surface area contributed by atoms with Gasteiger partial charge in [0.1, 0.15) is 0 Å². The third-order valence-electron chi connectivity index (χ3n) is 5.89. The summed E-state index contributed by atoms with van der Waals surface area (Å²) in [6, 6.07) is 0.507. The lowest BCUT2D eigenvalue weighted by Crippen LogP contribution is -2.56. The van der Waals surface area contributed by atoms with Gasteiger partial charge >= 0.3 is 0 Å². The molecule has 0 aromatic heterocycles. The minimum absolute atomic E-state index is 0.152. The van der Waals surface area contributed by atoms with Crippen LogP contribution in [0, 0.1) is 5.92 Å². The van der Waals surface area contributed by atoms with E-state index in [2.05, 4.69) is 53.1 Å². The molecule has 0 amide bonds. The highest BCUT2D eigenvalue weighted by Crippen LogP contribution is 2.19. The van der Waals surface area contributed by atoms with Crippen molar-refractivity contribution in [2.45, 2.75) is 58.5 Å². The first kappa shape index (κ1) is 21.5. The van der Waals surface area contributed by atoms with Gasteiger partial charge in [0.05, 0.1) is 13.2 Å². The van der Waals surface area contributed by atoms with E-state index in [1.54, 1.807) is 0 Å². The van der Waals surface area contributed by atoms with Crippen molar-refractivity contribution in [2.75, 3.05) is 59.5 Å². The third-order valence-corrected chi connectivity index (χ3v) is 5.89. The van der Waals surface area contributed by atoms with Crippen LogP contribution in [0.1, 0.15) is 47.0 Å². The molecule has 2 N–H and O–H groups in total. The first-order valence-corrected chi connectivity index (χ1v) is 10.5. The molecule has 0 aliphatic carbocycles. The first-order chi connectivity index (χ1) is 12.4.